The summed E-state index contributed by atoms with van der Waals surface area (Å²) < 4.78 is 5.33. The molecule has 1 fully saturated rings. The summed E-state index contributed by atoms with van der Waals surface area (Å²) in [7, 11) is 0. The molecule has 0 N–H and O–H groups in total. The van der Waals surface area contributed by atoms with Gasteiger partial charge >= 0.3 is 0 Å². The molecule has 1 amide bonds. The minimum Gasteiger partial charge on any atom is -0.355 e. The zero-order chi connectivity index (χ0) is 17.1. The molecule has 0 bridgehead atoms. The third-order valence-corrected chi connectivity index (χ3v) is 5.65. The van der Waals surface area contributed by atoms with Gasteiger partial charge in [0.25, 0.3) is 5.91 Å². The summed E-state index contributed by atoms with van der Waals surface area (Å²) >= 11 is 1.58. The van der Waals surface area contributed by atoms with E-state index in [0.717, 1.165) is 37.2 Å². The molecule has 3 aromatic rings. The van der Waals surface area contributed by atoms with Crippen molar-refractivity contribution in [3.8, 4) is 10.6 Å². The molecule has 0 spiro atoms. The fourth-order valence-electron chi connectivity index (χ4n) is 3.36. The van der Waals surface area contributed by atoms with Crippen LogP contribution in [0.2, 0.25) is 0 Å². The van der Waals surface area contributed by atoms with Crippen LogP contribution >= 0.6 is 11.3 Å². The molecule has 128 valence electrons. The number of likely N-dealkylation sites (tertiary alicyclic amines) is 1. The quantitative estimate of drug-likeness (QED) is 0.694. The zero-order valence-electron chi connectivity index (χ0n) is 13.9. The largest absolute Gasteiger partial charge is 0.355 e. The lowest BCUT2D eigenvalue weighted by Crippen LogP contribution is -2.39. The average Bonchev–Trinajstić information content (AvgIpc) is 3.34. The van der Waals surface area contributed by atoms with E-state index in [2.05, 4.69) is 29.4 Å². The Balaban J connectivity index is 1.35. The van der Waals surface area contributed by atoms with Crippen LogP contribution in [0.5, 0.6) is 0 Å². The Morgan fingerprint density at radius 3 is 2.68 bits per heavy atom. The normalized spacial score (nSPS) is 15.4. The van der Waals surface area contributed by atoms with Gasteiger partial charge < -0.3 is 9.42 Å². The smallest absolute Gasteiger partial charge is 0.276 e. The number of thiophene rings is 1. The first kappa shape index (κ1) is 16.1. The molecule has 0 unspecified atom stereocenters. The second-order valence-corrected chi connectivity index (χ2v) is 7.43. The van der Waals surface area contributed by atoms with Crippen LogP contribution in [-0.4, -0.2) is 29.1 Å². The molecule has 4 rings (SSSR count). The molecule has 1 saturated heterocycles. The summed E-state index contributed by atoms with van der Waals surface area (Å²) in [6.07, 6.45) is 3.17. The van der Waals surface area contributed by atoms with Crippen LogP contribution in [0.4, 0.5) is 0 Å². The molecule has 0 aliphatic carbocycles. The summed E-state index contributed by atoms with van der Waals surface area (Å²) in [6.45, 7) is 1.58. The molecule has 25 heavy (non-hydrogen) atoms. The van der Waals surface area contributed by atoms with Crippen molar-refractivity contribution in [1.29, 1.82) is 0 Å². The third-order valence-electron chi connectivity index (χ3n) is 4.76. The fourth-order valence-corrected chi connectivity index (χ4v) is 4.03. The predicted octanol–water partition coefficient (Wildman–Crippen LogP) is 4.50. The summed E-state index contributed by atoms with van der Waals surface area (Å²) in [4.78, 5) is 15.5. The number of benzene rings is 1. The summed E-state index contributed by atoms with van der Waals surface area (Å²) in [5.41, 5.74) is 1.79. The van der Waals surface area contributed by atoms with Gasteiger partial charge in [0.1, 0.15) is 0 Å². The van der Waals surface area contributed by atoms with Crippen LogP contribution in [0.15, 0.2) is 58.4 Å². The highest BCUT2D eigenvalue weighted by Crippen LogP contribution is 2.27. The number of hydrogen-bond acceptors (Lipinski definition) is 4. The van der Waals surface area contributed by atoms with Gasteiger partial charge in [0.2, 0.25) is 0 Å². The van der Waals surface area contributed by atoms with Gasteiger partial charge in [0.05, 0.1) is 4.88 Å². The lowest BCUT2D eigenvalue weighted by molar-refractivity contribution is 0.0680. The zero-order valence-corrected chi connectivity index (χ0v) is 14.7. The molecular formula is C20H20N2O2S. The maximum atomic E-state index is 12.7. The second-order valence-electron chi connectivity index (χ2n) is 6.48. The van der Waals surface area contributed by atoms with Crippen LogP contribution in [0.1, 0.15) is 28.9 Å². The predicted molar refractivity (Wildman–Crippen MR) is 98.6 cm³/mol. The molecular weight excluding hydrogens is 332 g/mol. The van der Waals surface area contributed by atoms with E-state index in [4.69, 9.17) is 4.52 Å². The van der Waals surface area contributed by atoms with Gasteiger partial charge in [-0.15, -0.1) is 11.3 Å². The number of nitrogens with zero attached hydrogens (tertiary/aromatic N) is 2. The SMILES string of the molecule is O=C(c1cc(-c2cccs2)on1)N1CCC(Cc2ccccc2)CC1. The highest BCUT2D eigenvalue weighted by molar-refractivity contribution is 7.13. The highest BCUT2D eigenvalue weighted by atomic mass is 32.1. The Hall–Kier alpha value is -2.40. The van der Waals surface area contributed by atoms with Gasteiger partial charge in [-0.2, -0.15) is 0 Å². The monoisotopic (exact) mass is 352 g/mol. The van der Waals surface area contributed by atoms with Crippen LogP contribution < -0.4 is 0 Å². The standard InChI is InChI=1S/C20H20N2O2S/c23-20(17-14-18(24-21-17)19-7-4-12-25-19)22-10-8-16(9-11-22)13-15-5-2-1-3-6-15/h1-7,12,14,16H,8-11,13H2. The Bertz CT molecular complexity index is 819. The first-order chi connectivity index (χ1) is 12.3. The van der Waals surface area contributed by atoms with Crippen molar-refractivity contribution < 1.29 is 9.32 Å². The second kappa shape index (κ2) is 7.23. The summed E-state index contributed by atoms with van der Waals surface area (Å²) in [5.74, 6) is 1.28. The minimum absolute atomic E-state index is 0.0234. The van der Waals surface area contributed by atoms with Crippen molar-refractivity contribution in [1.82, 2.24) is 10.1 Å². The Labute approximate surface area is 151 Å². The minimum atomic E-state index is -0.0234. The van der Waals surface area contributed by atoms with Crippen molar-refractivity contribution >= 4 is 17.2 Å². The molecule has 0 radical (unpaired) electrons. The van der Waals surface area contributed by atoms with E-state index in [1.807, 2.05) is 28.5 Å². The lowest BCUT2D eigenvalue weighted by atomic mass is 9.90. The first-order valence-corrected chi connectivity index (χ1v) is 9.51. The highest BCUT2D eigenvalue weighted by Gasteiger charge is 2.26. The van der Waals surface area contributed by atoms with E-state index in [-0.39, 0.29) is 5.91 Å². The Morgan fingerprint density at radius 2 is 1.96 bits per heavy atom. The van der Waals surface area contributed by atoms with Gasteiger partial charge in [0, 0.05) is 19.2 Å². The van der Waals surface area contributed by atoms with E-state index in [1.54, 1.807) is 17.4 Å². The number of carbonyl (C=O) groups excluding carboxylic acids is 1. The van der Waals surface area contributed by atoms with E-state index >= 15 is 0 Å². The molecule has 0 saturated carbocycles. The number of piperidine rings is 1. The molecule has 0 atom stereocenters. The molecule has 1 aliphatic rings. The first-order valence-electron chi connectivity index (χ1n) is 8.63. The van der Waals surface area contributed by atoms with E-state index in [0.29, 0.717) is 17.4 Å². The Kier molecular flexibility index (Phi) is 4.65. The summed E-state index contributed by atoms with van der Waals surface area (Å²) in [6, 6.07) is 16.3. The maximum Gasteiger partial charge on any atom is 0.276 e. The molecule has 4 nitrogen and oxygen atoms in total. The topological polar surface area (TPSA) is 46.3 Å². The van der Waals surface area contributed by atoms with Crippen molar-refractivity contribution in [3.05, 3.63) is 65.2 Å². The van der Waals surface area contributed by atoms with Crippen LogP contribution in [0.25, 0.3) is 10.6 Å². The van der Waals surface area contributed by atoms with E-state index in [1.165, 1.54) is 5.56 Å². The lowest BCUT2D eigenvalue weighted by Gasteiger charge is -2.31. The molecule has 1 aromatic carbocycles. The number of hydrogen-bond donors (Lipinski definition) is 0. The van der Waals surface area contributed by atoms with Gasteiger partial charge in [-0.1, -0.05) is 41.6 Å². The van der Waals surface area contributed by atoms with Crippen molar-refractivity contribution in [2.24, 2.45) is 5.92 Å². The molecule has 3 heterocycles. The van der Waals surface area contributed by atoms with Crippen LogP contribution in [0, 0.1) is 5.92 Å². The number of carbonyl (C=O) groups is 1. The fraction of sp³-hybridized carbons (Fsp3) is 0.300. The molecule has 2 aromatic heterocycles. The van der Waals surface area contributed by atoms with Crippen LogP contribution in [0.3, 0.4) is 0 Å². The van der Waals surface area contributed by atoms with Gasteiger partial charge in [0.15, 0.2) is 11.5 Å². The Morgan fingerprint density at radius 1 is 1.16 bits per heavy atom. The van der Waals surface area contributed by atoms with E-state index in [9.17, 15) is 4.79 Å². The van der Waals surface area contributed by atoms with Crippen molar-refractivity contribution in [3.63, 3.8) is 0 Å². The van der Waals surface area contributed by atoms with Gasteiger partial charge in [-0.3, -0.25) is 4.79 Å². The average molecular weight is 352 g/mol. The third kappa shape index (κ3) is 3.66. The van der Waals surface area contributed by atoms with Gasteiger partial charge in [-0.25, -0.2) is 0 Å². The maximum absolute atomic E-state index is 12.7. The number of aromatic nitrogens is 1. The number of rotatable bonds is 4. The molecule has 1 aliphatic heterocycles. The van der Waals surface area contributed by atoms with Gasteiger partial charge in [-0.05, 0) is 42.2 Å². The van der Waals surface area contributed by atoms with Crippen molar-refractivity contribution in [2.75, 3.05) is 13.1 Å². The van der Waals surface area contributed by atoms with Crippen LogP contribution in [-0.2, 0) is 6.42 Å². The molecule has 5 heteroatoms. The van der Waals surface area contributed by atoms with Crippen molar-refractivity contribution in [2.45, 2.75) is 19.3 Å². The summed E-state index contributed by atoms with van der Waals surface area (Å²) in [5, 5.41) is 5.96. The number of amides is 1. The van der Waals surface area contributed by atoms with E-state index < -0.39 is 0 Å².